The van der Waals surface area contributed by atoms with Crippen LogP contribution in [0.15, 0.2) is 24.3 Å². The Morgan fingerprint density at radius 1 is 1.23 bits per heavy atom. The molecule has 0 aliphatic carbocycles. The third kappa shape index (κ3) is 3.28. The summed E-state index contributed by atoms with van der Waals surface area (Å²) >= 11 is 0. The van der Waals surface area contributed by atoms with Crippen LogP contribution in [0.3, 0.4) is 0 Å². The molecule has 0 spiro atoms. The van der Waals surface area contributed by atoms with Gasteiger partial charge in [-0.2, -0.15) is 0 Å². The summed E-state index contributed by atoms with van der Waals surface area (Å²) in [6.45, 7) is 4.75. The molecule has 2 fully saturated rings. The highest BCUT2D eigenvalue weighted by Crippen LogP contribution is 2.25. The second kappa shape index (κ2) is 6.46. The molecule has 1 aromatic rings. The lowest BCUT2D eigenvalue weighted by Crippen LogP contribution is -2.35. The van der Waals surface area contributed by atoms with Crippen molar-refractivity contribution >= 4 is 17.5 Å². The number of benzene rings is 1. The van der Waals surface area contributed by atoms with Crippen LogP contribution in [0.5, 0.6) is 0 Å². The van der Waals surface area contributed by atoms with E-state index in [2.05, 4.69) is 4.90 Å². The maximum absolute atomic E-state index is 12.0. The van der Waals surface area contributed by atoms with Gasteiger partial charge in [-0.05, 0) is 17.7 Å². The van der Waals surface area contributed by atoms with Crippen LogP contribution in [-0.4, -0.2) is 49.6 Å². The maximum atomic E-state index is 12.0. The summed E-state index contributed by atoms with van der Waals surface area (Å²) in [6, 6.07) is 7.96. The van der Waals surface area contributed by atoms with E-state index in [9.17, 15) is 9.59 Å². The van der Waals surface area contributed by atoms with E-state index in [-0.39, 0.29) is 18.2 Å². The summed E-state index contributed by atoms with van der Waals surface area (Å²) in [5.41, 5.74) is 7.34. The predicted molar refractivity (Wildman–Crippen MR) is 82.2 cm³/mol. The molecule has 2 heterocycles. The zero-order valence-electron chi connectivity index (χ0n) is 12.5. The first-order valence-corrected chi connectivity index (χ1v) is 7.62. The summed E-state index contributed by atoms with van der Waals surface area (Å²) in [5, 5.41) is 0. The van der Waals surface area contributed by atoms with E-state index in [1.54, 1.807) is 4.90 Å². The summed E-state index contributed by atoms with van der Waals surface area (Å²) in [4.78, 5) is 27.2. The van der Waals surface area contributed by atoms with Crippen molar-refractivity contribution in [3.63, 3.8) is 0 Å². The Labute approximate surface area is 129 Å². The van der Waals surface area contributed by atoms with E-state index < -0.39 is 5.91 Å². The number of nitrogens with two attached hydrogens (primary N) is 1. The van der Waals surface area contributed by atoms with Crippen molar-refractivity contribution in [2.75, 3.05) is 37.7 Å². The quantitative estimate of drug-likeness (QED) is 0.871. The minimum Gasteiger partial charge on any atom is -0.379 e. The minimum absolute atomic E-state index is 0.0373. The molecule has 2 saturated heterocycles. The lowest BCUT2D eigenvalue weighted by molar-refractivity contribution is -0.123. The van der Waals surface area contributed by atoms with Crippen LogP contribution < -0.4 is 10.6 Å². The molecule has 2 aliphatic heterocycles. The van der Waals surface area contributed by atoms with Gasteiger partial charge in [0.15, 0.2) is 0 Å². The molecule has 2 aliphatic rings. The fraction of sp³-hybridized carbons (Fsp3) is 0.500. The fourth-order valence-corrected chi connectivity index (χ4v) is 2.95. The number of ether oxygens (including phenoxy) is 1. The Balaban J connectivity index is 1.64. The Hall–Kier alpha value is -1.92. The molecule has 0 unspecified atom stereocenters. The monoisotopic (exact) mass is 303 g/mol. The van der Waals surface area contributed by atoms with Gasteiger partial charge < -0.3 is 15.4 Å². The van der Waals surface area contributed by atoms with Crippen LogP contribution >= 0.6 is 0 Å². The summed E-state index contributed by atoms with van der Waals surface area (Å²) < 4.78 is 5.34. The van der Waals surface area contributed by atoms with Gasteiger partial charge >= 0.3 is 0 Å². The average Bonchev–Trinajstić information content (AvgIpc) is 2.91. The smallest absolute Gasteiger partial charge is 0.227 e. The van der Waals surface area contributed by atoms with Crippen molar-refractivity contribution in [1.29, 1.82) is 0 Å². The zero-order chi connectivity index (χ0) is 15.5. The van der Waals surface area contributed by atoms with Gasteiger partial charge in [-0.25, -0.2) is 0 Å². The van der Waals surface area contributed by atoms with Gasteiger partial charge in [0, 0.05) is 38.3 Å². The van der Waals surface area contributed by atoms with Gasteiger partial charge in [0.05, 0.1) is 19.1 Å². The Bertz CT molecular complexity index is 552. The highest BCUT2D eigenvalue weighted by molar-refractivity contribution is 6.00. The number of nitrogens with zero attached hydrogens (tertiary/aromatic N) is 2. The van der Waals surface area contributed by atoms with E-state index in [0.29, 0.717) is 6.54 Å². The van der Waals surface area contributed by atoms with E-state index in [4.69, 9.17) is 10.5 Å². The summed E-state index contributed by atoms with van der Waals surface area (Å²) in [5.74, 6) is -0.815. The molecular formula is C16H21N3O3. The topological polar surface area (TPSA) is 75.9 Å². The molecule has 118 valence electrons. The van der Waals surface area contributed by atoms with Gasteiger partial charge in [0.2, 0.25) is 11.8 Å². The molecule has 6 heteroatoms. The molecule has 2 N–H and O–H groups in total. The lowest BCUT2D eigenvalue weighted by atomic mass is 10.1. The van der Waals surface area contributed by atoms with Gasteiger partial charge in [-0.1, -0.05) is 12.1 Å². The van der Waals surface area contributed by atoms with Gasteiger partial charge in [0.1, 0.15) is 0 Å². The van der Waals surface area contributed by atoms with Crippen LogP contribution in [0, 0.1) is 5.92 Å². The van der Waals surface area contributed by atoms with Crippen molar-refractivity contribution in [3.05, 3.63) is 29.8 Å². The molecule has 6 nitrogen and oxygen atoms in total. The number of carbonyl (C=O) groups excluding carboxylic acids is 2. The van der Waals surface area contributed by atoms with Gasteiger partial charge in [-0.15, -0.1) is 0 Å². The van der Waals surface area contributed by atoms with Crippen molar-refractivity contribution in [2.24, 2.45) is 11.7 Å². The number of amides is 2. The second-order valence-electron chi connectivity index (χ2n) is 5.86. The average molecular weight is 303 g/mol. The van der Waals surface area contributed by atoms with Crippen molar-refractivity contribution < 1.29 is 14.3 Å². The van der Waals surface area contributed by atoms with E-state index in [0.717, 1.165) is 38.5 Å². The fourth-order valence-electron chi connectivity index (χ4n) is 2.95. The predicted octanol–water partition coefficient (Wildman–Crippen LogP) is 0.357. The van der Waals surface area contributed by atoms with Crippen molar-refractivity contribution in [2.45, 2.75) is 13.0 Å². The lowest BCUT2D eigenvalue weighted by Gasteiger charge is -2.26. The Kier molecular flexibility index (Phi) is 4.40. The molecule has 0 aromatic heterocycles. The van der Waals surface area contributed by atoms with Gasteiger partial charge in [-0.3, -0.25) is 14.5 Å². The molecule has 1 aromatic carbocycles. The summed E-state index contributed by atoms with van der Waals surface area (Å²) in [7, 11) is 0. The molecule has 3 rings (SSSR count). The molecule has 1 atom stereocenters. The normalized spacial score (nSPS) is 23.0. The first-order valence-electron chi connectivity index (χ1n) is 7.62. The minimum atomic E-state index is -0.403. The zero-order valence-corrected chi connectivity index (χ0v) is 12.5. The molecule has 0 saturated carbocycles. The largest absolute Gasteiger partial charge is 0.379 e. The number of anilines is 1. The molecular weight excluding hydrogens is 282 g/mol. The number of morpholine rings is 1. The standard InChI is InChI=1S/C16H21N3O3/c17-16(21)13-9-15(20)19(11-13)14-3-1-12(2-4-14)10-18-5-7-22-8-6-18/h1-4,13H,5-11H2,(H2,17,21)/t13-/m0/s1. The second-order valence-corrected chi connectivity index (χ2v) is 5.86. The number of carbonyl (C=O) groups is 2. The molecule has 0 radical (unpaired) electrons. The van der Waals surface area contributed by atoms with Gasteiger partial charge in [0.25, 0.3) is 0 Å². The highest BCUT2D eigenvalue weighted by Gasteiger charge is 2.33. The number of hydrogen-bond acceptors (Lipinski definition) is 4. The van der Waals surface area contributed by atoms with Crippen molar-refractivity contribution in [1.82, 2.24) is 4.90 Å². The number of rotatable bonds is 4. The highest BCUT2D eigenvalue weighted by atomic mass is 16.5. The molecule has 2 amide bonds. The van der Waals surface area contributed by atoms with Crippen LogP contribution in [0.1, 0.15) is 12.0 Å². The summed E-state index contributed by atoms with van der Waals surface area (Å²) in [6.07, 6.45) is 0.213. The van der Waals surface area contributed by atoms with Crippen molar-refractivity contribution in [3.8, 4) is 0 Å². The first-order chi connectivity index (χ1) is 10.6. The molecule has 22 heavy (non-hydrogen) atoms. The van der Waals surface area contributed by atoms with Crippen LogP contribution in [0.4, 0.5) is 5.69 Å². The third-order valence-corrected chi connectivity index (χ3v) is 4.29. The van der Waals surface area contributed by atoms with Crippen LogP contribution in [-0.2, 0) is 20.9 Å². The first kappa shape index (κ1) is 15.0. The molecule has 0 bridgehead atoms. The van der Waals surface area contributed by atoms with E-state index in [1.807, 2.05) is 24.3 Å². The third-order valence-electron chi connectivity index (χ3n) is 4.29. The van der Waals surface area contributed by atoms with E-state index >= 15 is 0 Å². The van der Waals surface area contributed by atoms with Crippen LogP contribution in [0.2, 0.25) is 0 Å². The Morgan fingerprint density at radius 3 is 2.50 bits per heavy atom. The number of hydrogen-bond donors (Lipinski definition) is 1. The SMILES string of the molecule is NC(=O)[C@H]1CC(=O)N(c2ccc(CN3CCOCC3)cc2)C1. The van der Waals surface area contributed by atoms with Crippen LogP contribution in [0.25, 0.3) is 0 Å². The van der Waals surface area contributed by atoms with E-state index in [1.165, 1.54) is 5.56 Å². The number of primary amides is 1. The maximum Gasteiger partial charge on any atom is 0.227 e. The Morgan fingerprint density at radius 2 is 1.91 bits per heavy atom.